The van der Waals surface area contributed by atoms with Crippen LogP contribution in [-0.4, -0.2) is 49.9 Å². The van der Waals surface area contributed by atoms with Crippen molar-refractivity contribution in [3.05, 3.63) is 28.4 Å². The average Bonchev–Trinajstić information content (AvgIpc) is 2.61. The molecule has 1 fully saturated rings. The fourth-order valence-electron chi connectivity index (χ4n) is 1.82. The van der Waals surface area contributed by atoms with Crippen molar-refractivity contribution in [3.63, 3.8) is 0 Å². The highest BCUT2D eigenvalue weighted by Gasteiger charge is 2.43. The number of hydrogen-bond donors (Lipinski definition) is 4. The van der Waals surface area contributed by atoms with E-state index in [4.69, 9.17) is 14.9 Å². The lowest BCUT2D eigenvalue weighted by Gasteiger charge is -2.17. The Morgan fingerprint density at radius 3 is 2.61 bits per heavy atom. The van der Waals surface area contributed by atoms with Gasteiger partial charge in [-0.05, 0) is 0 Å². The smallest absolute Gasteiger partial charge is 0.256 e. The highest BCUT2D eigenvalue weighted by atomic mass is 19.1. The molecule has 0 saturated carbocycles. The van der Waals surface area contributed by atoms with Crippen molar-refractivity contribution in [2.75, 3.05) is 6.61 Å². The molecular weight excluding hydrogens is 249 g/mol. The summed E-state index contributed by atoms with van der Waals surface area (Å²) in [5, 5.41) is 37.1. The van der Waals surface area contributed by atoms with Crippen LogP contribution in [0.2, 0.25) is 0 Å². The number of aliphatic hydroxyl groups excluding tert-OH is 3. The molecule has 0 radical (unpaired) electrons. The maximum absolute atomic E-state index is 13.2. The van der Waals surface area contributed by atoms with Crippen LogP contribution in [0.15, 0.2) is 17.1 Å². The minimum Gasteiger partial charge on any atom is -0.505 e. The number of rotatable bonds is 2. The summed E-state index contributed by atoms with van der Waals surface area (Å²) in [5.41, 5.74) is -0.802. The number of aliphatic hydroxyl groups is 3. The number of aromatic hydroxyl groups is 1. The number of ether oxygens (including phenoxy) is 1. The van der Waals surface area contributed by atoms with Gasteiger partial charge in [0.05, 0.1) is 6.61 Å². The molecule has 2 heterocycles. The first-order valence-corrected chi connectivity index (χ1v) is 5.19. The van der Waals surface area contributed by atoms with Crippen LogP contribution >= 0.6 is 0 Å². The third-order valence-electron chi connectivity index (χ3n) is 2.80. The van der Waals surface area contributed by atoms with Gasteiger partial charge >= 0.3 is 0 Å². The van der Waals surface area contributed by atoms with E-state index < -0.39 is 48.3 Å². The fourth-order valence-corrected chi connectivity index (χ4v) is 1.82. The van der Waals surface area contributed by atoms with Gasteiger partial charge in [0.1, 0.15) is 18.3 Å². The van der Waals surface area contributed by atoms with E-state index in [1.807, 2.05) is 0 Å². The first-order chi connectivity index (χ1) is 8.45. The van der Waals surface area contributed by atoms with Crippen LogP contribution in [0.1, 0.15) is 6.23 Å². The topological polar surface area (TPSA) is 112 Å². The molecular formula is C10H12FNO6. The summed E-state index contributed by atoms with van der Waals surface area (Å²) in [6, 6.07) is 0.629. The normalized spacial score (nSPS) is 31.8. The second-order valence-corrected chi connectivity index (χ2v) is 3.98. The molecule has 4 atom stereocenters. The van der Waals surface area contributed by atoms with Crippen molar-refractivity contribution in [3.8, 4) is 5.75 Å². The molecule has 18 heavy (non-hydrogen) atoms. The van der Waals surface area contributed by atoms with Gasteiger partial charge in [-0.3, -0.25) is 9.36 Å². The molecule has 1 aliphatic rings. The highest BCUT2D eigenvalue weighted by molar-refractivity contribution is 5.19. The molecule has 1 saturated heterocycles. The molecule has 8 heteroatoms. The third-order valence-corrected chi connectivity index (χ3v) is 2.80. The Kier molecular flexibility index (Phi) is 3.35. The SMILES string of the molecule is O=c1cc(O)c(F)cn1[C@@H]1O[C@H](CO)[C@@H](O)[C@H]1O. The number of hydrogen-bond acceptors (Lipinski definition) is 6. The van der Waals surface area contributed by atoms with Gasteiger partial charge < -0.3 is 25.2 Å². The summed E-state index contributed by atoms with van der Waals surface area (Å²) in [6.07, 6.45) is -4.58. The maximum Gasteiger partial charge on any atom is 0.256 e. The summed E-state index contributed by atoms with van der Waals surface area (Å²) in [4.78, 5) is 11.5. The van der Waals surface area contributed by atoms with E-state index in [9.17, 15) is 19.4 Å². The van der Waals surface area contributed by atoms with E-state index in [1.54, 1.807) is 0 Å². The van der Waals surface area contributed by atoms with Crippen molar-refractivity contribution >= 4 is 0 Å². The van der Waals surface area contributed by atoms with Gasteiger partial charge in [-0.2, -0.15) is 0 Å². The van der Waals surface area contributed by atoms with Gasteiger partial charge in [0.25, 0.3) is 5.56 Å². The van der Waals surface area contributed by atoms with Gasteiger partial charge in [-0.1, -0.05) is 0 Å². The molecule has 0 bridgehead atoms. The number of nitrogens with zero attached hydrogens (tertiary/aromatic N) is 1. The zero-order chi connectivity index (χ0) is 13.4. The Morgan fingerprint density at radius 1 is 1.39 bits per heavy atom. The van der Waals surface area contributed by atoms with Crippen LogP contribution in [-0.2, 0) is 4.74 Å². The summed E-state index contributed by atoms with van der Waals surface area (Å²) < 4.78 is 18.9. The van der Waals surface area contributed by atoms with Crippen molar-refractivity contribution in [1.29, 1.82) is 0 Å². The van der Waals surface area contributed by atoms with Crippen molar-refractivity contribution in [2.45, 2.75) is 24.5 Å². The van der Waals surface area contributed by atoms with Crippen LogP contribution in [0.5, 0.6) is 5.75 Å². The highest BCUT2D eigenvalue weighted by Crippen LogP contribution is 2.28. The monoisotopic (exact) mass is 261 g/mol. The molecule has 2 rings (SSSR count). The van der Waals surface area contributed by atoms with Crippen LogP contribution in [0.25, 0.3) is 0 Å². The molecule has 0 spiro atoms. The molecule has 0 unspecified atom stereocenters. The zero-order valence-electron chi connectivity index (χ0n) is 9.10. The van der Waals surface area contributed by atoms with E-state index >= 15 is 0 Å². The Bertz CT molecular complexity index is 504. The van der Waals surface area contributed by atoms with Crippen LogP contribution < -0.4 is 5.56 Å². The molecule has 7 nitrogen and oxygen atoms in total. The second kappa shape index (κ2) is 4.65. The van der Waals surface area contributed by atoms with Crippen LogP contribution in [0, 0.1) is 5.82 Å². The maximum atomic E-state index is 13.2. The van der Waals surface area contributed by atoms with Crippen LogP contribution in [0.3, 0.4) is 0 Å². The molecule has 1 aliphatic heterocycles. The minimum atomic E-state index is -1.48. The lowest BCUT2D eigenvalue weighted by Crippen LogP contribution is -2.35. The lowest BCUT2D eigenvalue weighted by atomic mass is 10.1. The molecule has 0 aliphatic carbocycles. The van der Waals surface area contributed by atoms with E-state index in [1.165, 1.54) is 0 Å². The first kappa shape index (κ1) is 13.0. The third kappa shape index (κ3) is 1.99. The Labute approximate surface area is 100 Å². The van der Waals surface area contributed by atoms with Crippen molar-refractivity contribution in [1.82, 2.24) is 4.57 Å². The number of pyridine rings is 1. The standard InChI is InChI=1S/C10H12FNO6/c11-4-2-12(7(15)1-5(4)14)10-9(17)8(16)6(3-13)18-10/h1-2,6,8-10,13-14,16-17H,3H2/t6-,8-,9-,10-/m1/s1. The zero-order valence-corrected chi connectivity index (χ0v) is 9.10. The van der Waals surface area contributed by atoms with Gasteiger partial charge in [0.2, 0.25) is 0 Å². The Morgan fingerprint density at radius 2 is 2.06 bits per heavy atom. The summed E-state index contributed by atoms with van der Waals surface area (Å²) in [6.45, 7) is -0.552. The Hall–Kier alpha value is -1.48. The van der Waals surface area contributed by atoms with Gasteiger partial charge in [-0.15, -0.1) is 0 Å². The molecule has 4 N–H and O–H groups in total. The van der Waals surface area contributed by atoms with Gasteiger partial charge in [-0.25, -0.2) is 4.39 Å². The van der Waals surface area contributed by atoms with E-state index in [0.29, 0.717) is 16.8 Å². The first-order valence-electron chi connectivity index (χ1n) is 5.19. The predicted molar refractivity (Wildman–Crippen MR) is 55.3 cm³/mol. The van der Waals surface area contributed by atoms with Crippen molar-refractivity contribution < 1.29 is 29.6 Å². The van der Waals surface area contributed by atoms with Crippen molar-refractivity contribution in [2.24, 2.45) is 0 Å². The minimum absolute atomic E-state index is 0.552. The Balaban J connectivity index is 2.39. The van der Waals surface area contributed by atoms with Gasteiger partial charge in [0.15, 0.2) is 17.8 Å². The molecule has 1 aromatic heterocycles. The largest absolute Gasteiger partial charge is 0.505 e. The summed E-state index contributed by atoms with van der Waals surface area (Å²) in [5.74, 6) is -1.88. The van der Waals surface area contributed by atoms with E-state index in [2.05, 4.69) is 0 Å². The quantitative estimate of drug-likeness (QED) is 0.505. The predicted octanol–water partition coefficient (Wildman–Crippen LogP) is -1.70. The molecule has 1 aromatic rings. The fraction of sp³-hybridized carbons (Fsp3) is 0.500. The van der Waals surface area contributed by atoms with Crippen LogP contribution in [0.4, 0.5) is 4.39 Å². The molecule has 0 amide bonds. The number of halogens is 1. The molecule has 0 aromatic carbocycles. The van der Waals surface area contributed by atoms with E-state index in [0.717, 1.165) is 0 Å². The van der Waals surface area contributed by atoms with Gasteiger partial charge in [0, 0.05) is 12.3 Å². The van der Waals surface area contributed by atoms with E-state index in [-0.39, 0.29) is 0 Å². The molecule has 100 valence electrons. The lowest BCUT2D eigenvalue weighted by molar-refractivity contribution is -0.0548. The number of aromatic nitrogens is 1. The average molecular weight is 261 g/mol. The summed E-state index contributed by atoms with van der Waals surface area (Å²) >= 11 is 0. The summed E-state index contributed by atoms with van der Waals surface area (Å²) in [7, 11) is 0. The second-order valence-electron chi connectivity index (χ2n) is 3.98.